The van der Waals surface area contributed by atoms with Gasteiger partial charge in [0.15, 0.2) is 11.5 Å². The van der Waals surface area contributed by atoms with Crippen LogP contribution in [0.4, 0.5) is 0 Å². The molecule has 7 heteroatoms. The highest BCUT2D eigenvalue weighted by Gasteiger charge is 2.22. The van der Waals surface area contributed by atoms with Crippen LogP contribution in [0.15, 0.2) is 18.2 Å². The number of rotatable bonds is 5. The lowest BCUT2D eigenvalue weighted by Crippen LogP contribution is -2.25. The Labute approximate surface area is 133 Å². The molecule has 6 nitrogen and oxygen atoms in total. The summed E-state index contributed by atoms with van der Waals surface area (Å²) in [6.07, 6.45) is 0. The number of hydroxylamine groups is 2. The summed E-state index contributed by atoms with van der Waals surface area (Å²) in [7, 11) is 6.16. The smallest absolute Gasteiger partial charge is 0.289 e. The number of thiazole rings is 1. The molecule has 0 aliphatic carbocycles. The Morgan fingerprint density at radius 3 is 2.45 bits per heavy atom. The van der Waals surface area contributed by atoms with Gasteiger partial charge in [-0.1, -0.05) is 0 Å². The van der Waals surface area contributed by atoms with Crippen molar-refractivity contribution in [2.75, 3.05) is 28.4 Å². The molecule has 118 valence electrons. The molecule has 0 N–H and O–H groups in total. The highest BCUT2D eigenvalue weighted by atomic mass is 32.1. The fourth-order valence-electron chi connectivity index (χ4n) is 1.98. The van der Waals surface area contributed by atoms with Gasteiger partial charge >= 0.3 is 0 Å². The zero-order chi connectivity index (χ0) is 16.3. The number of hydrogen-bond donors (Lipinski definition) is 0. The van der Waals surface area contributed by atoms with Crippen molar-refractivity contribution in [2.45, 2.75) is 6.92 Å². The van der Waals surface area contributed by atoms with Crippen LogP contribution < -0.4 is 9.47 Å². The lowest BCUT2D eigenvalue weighted by atomic mass is 10.1. The minimum absolute atomic E-state index is 0.238. The number of methoxy groups -OCH3 is 2. The van der Waals surface area contributed by atoms with E-state index in [0.717, 1.165) is 10.6 Å². The van der Waals surface area contributed by atoms with Crippen molar-refractivity contribution in [2.24, 2.45) is 0 Å². The Hall–Kier alpha value is -2.12. The first kappa shape index (κ1) is 16.3. The van der Waals surface area contributed by atoms with Gasteiger partial charge in [-0.2, -0.15) is 0 Å². The van der Waals surface area contributed by atoms with Crippen LogP contribution in [0.25, 0.3) is 11.3 Å². The summed E-state index contributed by atoms with van der Waals surface area (Å²) in [5.74, 6) is 0.974. The summed E-state index contributed by atoms with van der Waals surface area (Å²) in [6, 6.07) is 5.44. The Balaban J connectivity index is 2.51. The van der Waals surface area contributed by atoms with Crippen molar-refractivity contribution in [1.29, 1.82) is 0 Å². The Morgan fingerprint density at radius 1 is 1.18 bits per heavy atom. The minimum Gasteiger partial charge on any atom is -0.493 e. The molecule has 0 saturated carbocycles. The molecule has 0 radical (unpaired) electrons. The summed E-state index contributed by atoms with van der Waals surface area (Å²) in [6.45, 7) is 1.86. The Morgan fingerprint density at radius 2 is 1.86 bits per heavy atom. The van der Waals surface area contributed by atoms with Crippen molar-refractivity contribution in [3.8, 4) is 22.8 Å². The summed E-state index contributed by atoms with van der Waals surface area (Å²) in [5, 5.41) is 1.98. The van der Waals surface area contributed by atoms with Crippen LogP contribution in [-0.2, 0) is 4.84 Å². The topological polar surface area (TPSA) is 60.9 Å². The molecular formula is C15H18N2O4S. The molecule has 0 bridgehead atoms. The van der Waals surface area contributed by atoms with E-state index in [1.807, 2.05) is 13.0 Å². The number of amides is 1. The molecule has 0 unspecified atom stereocenters. The van der Waals surface area contributed by atoms with E-state index >= 15 is 0 Å². The van der Waals surface area contributed by atoms with Crippen LogP contribution in [0.3, 0.4) is 0 Å². The van der Waals surface area contributed by atoms with E-state index in [9.17, 15) is 4.79 Å². The van der Waals surface area contributed by atoms with Crippen molar-refractivity contribution < 1.29 is 19.1 Å². The highest BCUT2D eigenvalue weighted by molar-refractivity contribution is 7.14. The van der Waals surface area contributed by atoms with E-state index < -0.39 is 0 Å². The van der Waals surface area contributed by atoms with Crippen molar-refractivity contribution >= 4 is 17.2 Å². The van der Waals surface area contributed by atoms with Gasteiger partial charge in [0.1, 0.15) is 4.88 Å². The van der Waals surface area contributed by atoms with Crippen LogP contribution in [-0.4, -0.2) is 44.3 Å². The van der Waals surface area contributed by atoms with Gasteiger partial charge in [-0.05, 0) is 25.1 Å². The van der Waals surface area contributed by atoms with E-state index in [4.69, 9.17) is 14.3 Å². The number of benzene rings is 1. The average molecular weight is 322 g/mol. The van der Waals surface area contributed by atoms with Gasteiger partial charge in [0.2, 0.25) is 0 Å². The molecule has 0 aliphatic rings. The van der Waals surface area contributed by atoms with Crippen LogP contribution in [0.5, 0.6) is 11.5 Å². The van der Waals surface area contributed by atoms with Gasteiger partial charge in [-0.3, -0.25) is 9.63 Å². The first-order valence-electron chi connectivity index (χ1n) is 6.53. The SMILES string of the molecule is COc1ccc(-c2nc(C)sc2C(=O)N(C)OC)cc1OC. The average Bonchev–Trinajstić information content (AvgIpc) is 2.94. The maximum Gasteiger partial charge on any atom is 0.289 e. The van der Waals surface area contributed by atoms with E-state index in [1.165, 1.54) is 23.5 Å². The number of aryl methyl sites for hydroxylation is 1. The second-order valence-corrected chi connectivity index (χ2v) is 5.67. The zero-order valence-electron chi connectivity index (χ0n) is 13.2. The minimum atomic E-state index is -0.238. The standard InChI is InChI=1S/C15H18N2O4S/c1-9-16-13(14(22-9)15(18)17(2)21-5)10-6-7-11(19-3)12(8-10)20-4/h6-8H,1-5H3. The van der Waals surface area contributed by atoms with E-state index in [2.05, 4.69) is 4.98 Å². The Bertz CT molecular complexity index is 684. The number of ether oxygens (including phenoxy) is 2. The van der Waals surface area contributed by atoms with Gasteiger partial charge in [0, 0.05) is 12.6 Å². The lowest BCUT2D eigenvalue weighted by Gasteiger charge is -2.13. The molecule has 2 rings (SSSR count). The summed E-state index contributed by atoms with van der Waals surface area (Å²) in [5.41, 5.74) is 1.40. The molecule has 0 spiro atoms. The summed E-state index contributed by atoms with van der Waals surface area (Å²) >= 11 is 1.33. The number of carbonyl (C=O) groups excluding carboxylic acids is 1. The van der Waals surface area contributed by atoms with E-state index in [-0.39, 0.29) is 5.91 Å². The summed E-state index contributed by atoms with van der Waals surface area (Å²) in [4.78, 5) is 22.3. The van der Waals surface area contributed by atoms with Crippen LogP contribution in [0.2, 0.25) is 0 Å². The third-order valence-electron chi connectivity index (χ3n) is 3.15. The van der Waals surface area contributed by atoms with Gasteiger partial charge < -0.3 is 9.47 Å². The molecule has 0 aliphatic heterocycles. The van der Waals surface area contributed by atoms with Crippen molar-refractivity contribution in [1.82, 2.24) is 10.0 Å². The fourth-order valence-corrected chi connectivity index (χ4v) is 2.89. The monoisotopic (exact) mass is 322 g/mol. The molecular weight excluding hydrogens is 304 g/mol. The number of aromatic nitrogens is 1. The van der Waals surface area contributed by atoms with Gasteiger partial charge in [-0.25, -0.2) is 10.0 Å². The fraction of sp³-hybridized carbons (Fsp3) is 0.333. The predicted molar refractivity (Wildman–Crippen MR) is 84.5 cm³/mol. The normalized spacial score (nSPS) is 10.4. The molecule has 0 saturated heterocycles. The van der Waals surface area contributed by atoms with Crippen LogP contribution in [0.1, 0.15) is 14.7 Å². The maximum absolute atomic E-state index is 12.4. The van der Waals surface area contributed by atoms with Gasteiger partial charge in [0.25, 0.3) is 5.91 Å². The molecule has 1 amide bonds. The van der Waals surface area contributed by atoms with Gasteiger partial charge in [-0.15, -0.1) is 11.3 Å². The van der Waals surface area contributed by atoms with Crippen molar-refractivity contribution in [3.05, 3.63) is 28.1 Å². The third kappa shape index (κ3) is 3.05. The van der Waals surface area contributed by atoms with E-state index in [0.29, 0.717) is 22.1 Å². The molecule has 1 aromatic carbocycles. The molecule has 1 heterocycles. The second kappa shape index (κ2) is 6.76. The number of nitrogens with zero attached hydrogens (tertiary/aromatic N) is 2. The Kier molecular flexibility index (Phi) is 4.99. The number of hydrogen-bond acceptors (Lipinski definition) is 6. The zero-order valence-corrected chi connectivity index (χ0v) is 14.0. The maximum atomic E-state index is 12.4. The quantitative estimate of drug-likeness (QED) is 0.792. The third-order valence-corrected chi connectivity index (χ3v) is 4.10. The number of carbonyl (C=O) groups is 1. The predicted octanol–water partition coefficient (Wildman–Crippen LogP) is 2.77. The first-order valence-corrected chi connectivity index (χ1v) is 7.35. The van der Waals surface area contributed by atoms with Gasteiger partial charge in [0.05, 0.1) is 32.0 Å². The largest absolute Gasteiger partial charge is 0.493 e. The highest BCUT2D eigenvalue weighted by Crippen LogP contribution is 2.35. The summed E-state index contributed by atoms with van der Waals surface area (Å²) < 4.78 is 10.5. The van der Waals surface area contributed by atoms with E-state index in [1.54, 1.807) is 33.4 Å². The second-order valence-electron chi connectivity index (χ2n) is 4.47. The van der Waals surface area contributed by atoms with Crippen molar-refractivity contribution in [3.63, 3.8) is 0 Å². The molecule has 22 heavy (non-hydrogen) atoms. The first-order chi connectivity index (χ1) is 10.5. The lowest BCUT2D eigenvalue weighted by molar-refractivity contribution is -0.0753. The molecule has 0 atom stereocenters. The molecule has 2 aromatic rings. The molecule has 0 fully saturated rings. The molecule has 1 aromatic heterocycles. The van der Waals surface area contributed by atoms with Crippen LogP contribution in [0, 0.1) is 6.92 Å². The van der Waals surface area contributed by atoms with Crippen LogP contribution >= 0.6 is 11.3 Å².